The van der Waals surface area contributed by atoms with E-state index >= 15 is 0 Å². The van der Waals surface area contributed by atoms with Crippen LogP contribution >= 0.6 is 0 Å². The van der Waals surface area contributed by atoms with E-state index in [9.17, 15) is 35.1 Å². The van der Waals surface area contributed by atoms with E-state index in [0.717, 1.165) is 18.2 Å². The van der Waals surface area contributed by atoms with E-state index in [-0.39, 0.29) is 28.8 Å². The maximum Gasteiger partial charge on any atom is 0.363 e. The van der Waals surface area contributed by atoms with Crippen molar-refractivity contribution in [1.82, 2.24) is 0 Å². The number of hydrogen-bond acceptors (Lipinski definition) is 10. The quantitative estimate of drug-likeness (QED) is 0.205. The summed E-state index contributed by atoms with van der Waals surface area (Å²) in [7, 11) is 0. The second-order valence-corrected chi connectivity index (χ2v) is 6.98. The van der Waals surface area contributed by atoms with Gasteiger partial charge < -0.3 is 9.47 Å². The number of cyclic esters (lactones) is 1. The fraction of sp³-hybridized carbons (Fsp3) is 0. The molecule has 0 bridgehead atoms. The van der Waals surface area contributed by atoms with Gasteiger partial charge in [-0.2, -0.15) is 0 Å². The van der Waals surface area contributed by atoms with Crippen molar-refractivity contribution in [3.63, 3.8) is 0 Å². The van der Waals surface area contributed by atoms with Crippen LogP contribution in [0.4, 0.5) is 17.1 Å². The van der Waals surface area contributed by atoms with Crippen LogP contribution in [0.25, 0.3) is 6.08 Å². The monoisotopic (exact) mass is 476 g/mol. The largest absolute Gasteiger partial charge is 0.450 e. The average molecular weight is 476 g/mol. The number of ether oxygens (including phenoxy) is 2. The summed E-state index contributed by atoms with van der Waals surface area (Å²) in [6, 6.07) is 14.5. The molecule has 13 nitrogen and oxygen atoms in total. The Morgan fingerprint density at radius 1 is 0.829 bits per heavy atom. The molecule has 0 radical (unpaired) electrons. The molecule has 0 unspecified atom stereocenters. The lowest BCUT2D eigenvalue weighted by Crippen LogP contribution is -2.05. The first-order valence-electron chi connectivity index (χ1n) is 9.69. The molecule has 13 heteroatoms. The number of esters is 1. The highest BCUT2D eigenvalue weighted by atomic mass is 16.6. The van der Waals surface area contributed by atoms with E-state index in [1.54, 1.807) is 12.1 Å². The molecule has 0 amide bonds. The lowest BCUT2D eigenvalue weighted by atomic mass is 10.2. The maximum atomic E-state index is 12.2. The number of benzene rings is 3. The Bertz CT molecular complexity index is 1450. The Kier molecular flexibility index (Phi) is 5.96. The third-order valence-electron chi connectivity index (χ3n) is 4.68. The predicted octanol–water partition coefficient (Wildman–Crippen LogP) is 4.55. The summed E-state index contributed by atoms with van der Waals surface area (Å²) in [6.07, 6.45) is 1.40. The molecule has 1 aliphatic rings. The van der Waals surface area contributed by atoms with E-state index in [4.69, 9.17) is 9.47 Å². The van der Waals surface area contributed by atoms with E-state index in [2.05, 4.69) is 4.99 Å². The van der Waals surface area contributed by atoms with Gasteiger partial charge in [0.05, 0.1) is 20.8 Å². The highest BCUT2D eigenvalue weighted by molar-refractivity contribution is 6.12. The molecule has 0 aromatic heterocycles. The predicted molar refractivity (Wildman–Crippen MR) is 120 cm³/mol. The molecule has 3 aromatic carbocycles. The molecule has 0 saturated carbocycles. The van der Waals surface area contributed by atoms with Gasteiger partial charge in [-0.25, -0.2) is 9.79 Å². The normalized spacial score (nSPS) is 13.8. The van der Waals surface area contributed by atoms with Gasteiger partial charge in [0.25, 0.3) is 11.4 Å². The third-order valence-corrected chi connectivity index (χ3v) is 4.68. The van der Waals surface area contributed by atoms with Crippen LogP contribution in [0.2, 0.25) is 0 Å². The highest BCUT2D eigenvalue weighted by Gasteiger charge is 2.25. The number of aliphatic imine (C=N–C) groups is 1. The van der Waals surface area contributed by atoms with Crippen LogP contribution in [0.5, 0.6) is 11.5 Å². The molecule has 0 atom stereocenters. The number of nitrogens with zero attached hydrogens (tertiary/aromatic N) is 4. The van der Waals surface area contributed by atoms with Crippen LogP contribution in [0.3, 0.4) is 0 Å². The Hall–Kier alpha value is -5.46. The number of rotatable bonds is 7. The lowest BCUT2D eigenvalue weighted by Gasteiger charge is -2.07. The average Bonchev–Trinajstić information content (AvgIpc) is 3.19. The van der Waals surface area contributed by atoms with Crippen LogP contribution in [0, 0.1) is 30.3 Å². The number of hydrogen-bond donors (Lipinski definition) is 0. The fourth-order valence-electron chi connectivity index (χ4n) is 3.06. The summed E-state index contributed by atoms with van der Waals surface area (Å²) in [5.41, 5.74) is -0.386. The van der Waals surface area contributed by atoms with Crippen molar-refractivity contribution in [3.05, 3.63) is 114 Å². The van der Waals surface area contributed by atoms with Crippen LogP contribution in [0.15, 0.2) is 77.4 Å². The maximum absolute atomic E-state index is 12.2. The number of nitro groups is 3. The molecule has 0 saturated heterocycles. The molecule has 174 valence electrons. The Labute approximate surface area is 195 Å². The van der Waals surface area contributed by atoms with E-state index in [1.165, 1.54) is 42.5 Å². The summed E-state index contributed by atoms with van der Waals surface area (Å²) in [5.74, 6) is -0.799. The molecule has 1 aliphatic heterocycles. The first-order chi connectivity index (χ1) is 16.7. The van der Waals surface area contributed by atoms with E-state index in [0.29, 0.717) is 11.1 Å². The van der Waals surface area contributed by atoms with E-state index in [1.807, 2.05) is 0 Å². The molecule has 0 aliphatic carbocycles. The Morgan fingerprint density at radius 3 is 2.17 bits per heavy atom. The lowest BCUT2D eigenvalue weighted by molar-refractivity contribution is -0.394. The number of non-ortho nitro benzene ring substituents is 2. The number of carbonyl (C=O) groups excluding carboxylic acids is 1. The summed E-state index contributed by atoms with van der Waals surface area (Å²) < 4.78 is 10.7. The van der Waals surface area contributed by atoms with Gasteiger partial charge in [-0.3, -0.25) is 30.3 Å². The summed E-state index contributed by atoms with van der Waals surface area (Å²) in [5, 5.41) is 33.0. The molecule has 1 heterocycles. The van der Waals surface area contributed by atoms with Crippen LogP contribution in [0.1, 0.15) is 11.1 Å². The Balaban J connectivity index is 1.59. The van der Waals surface area contributed by atoms with Gasteiger partial charge in [-0.05, 0) is 42.0 Å². The molecular weight excluding hydrogens is 464 g/mol. The number of carbonyl (C=O) groups is 1. The zero-order chi connectivity index (χ0) is 25.1. The minimum absolute atomic E-state index is 0.0231. The highest BCUT2D eigenvalue weighted by Crippen LogP contribution is 2.35. The van der Waals surface area contributed by atoms with Crippen LogP contribution in [-0.4, -0.2) is 26.6 Å². The molecular formula is C22H12N4O9. The smallest absolute Gasteiger partial charge is 0.363 e. The van der Waals surface area contributed by atoms with Crippen molar-refractivity contribution in [2.75, 3.05) is 0 Å². The number of nitro benzene ring substituents is 3. The standard InChI is InChI=1S/C22H12N4O9/c27-22-18(23-21(35-22)14-4-6-15(7-5-14)24(28)29)11-13-2-1-3-17(10-13)34-20-9-8-16(25(30)31)12-19(20)26(32)33/h1-12H/b18-11-. The molecule has 4 rings (SSSR count). The summed E-state index contributed by atoms with van der Waals surface area (Å²) >= 11 is 0. The van der Waals surface area contributed by atoms with Crippen molar-refractivity contribution >= 4 is 35.0 Å². The first kappa shape index (κ1) is 22.7. The molecule has 3 aromatic rings. The van der Waals surface area contributed by atoms with Crippen molar-refractivity contribution in [2.45, 2.75) is 0 Å². The van der Waals surface area contributed by atoms with Gasteiger partial charge in [0.1, 0.15) is 5.75 Å². The van der Waals surface area contributed by atoms with Crippen molar-refractivity contribution in [3.8, 4) is 11.5 Å². The summed E-state index contributed by atoms with van der Waals surface area (Å²) in [6.45, 7) is 0. The zero-order valence-corrected chi connectivity index (χ0v) is 17.4. The van der Waals surface area contributed by atoms with Gasteiger partial charge in [-0.15, -0.1) is 0 Å². The molecule has 0 spiro atoms. The molecule has 0 fully saturated rings. The zero-order valence-electron chi connectivity index (χ0n) is 17.4. The molecule has 0 N–H and O–H groups in total. The second-order valence-electron chi connectivity index (χ2n) is 6.98. The minimum atomic E-state index is -0.795. The Morgan fingerprint density at radius 2 is 1.51 bits per heavy atom. The van der Waals surface area contributed by atoms with Crippen molar-refractivity contribution in [2.24, 2.45) is 4.99 Å². The van der Waals surface area contributed by atoms with Crippen LogP contribution < -0.4 is 4.74 Å². The van der Waals surface area contributed by atoms with Crippen molar-refractivity contribution < 1.29 is 29.0 Å². The van der Waals surface area contributed by atoms with Gasteiger partial charge in [0.15, 0.2) is 5.70 Å². The summed E-state index contributed by atoms with van der Waals surface area (Å²) in [4.78, 5) is 47.3. The van der Waals surface area contributed by atoms with Crippen LogP contribution in [-0.2, 0) is 9.53 Å². The first-order valence-corrected chi connectivity index (χ1v) is 9.69. The van der Waals surface area contributed by atoms with Gasteiger partial charge in [0, 0.05) is 23.8 Å². The van der Waals surface area contributed by atoms with Gasteiger partial charge in [-0.1, -0.05) is 12.1 Å². The minimum Gasteiger partial charge on any atom is -0.450 e. The van der Waals surface area contributed by atoms with Gasteiger partial charge in [0.2, 0.25) is 11.6 Å². The SMILES string of the molecule is O=C1OC(c2ccc([N+](=O)[O-])cc2)=N/C1=C\c1cccc(Oc2ccc([N+](=O)[O-])cc2[N+](=O)[O-])c1. The fourth-order valence-corrected chi connectivity index (χ4v) is 3.06. The second kappa shape index (κ2) is 9.19. The van der Waals surface area contributed by atoms with E-state index < -0.39 is 32.1 Å². The topological polar surface area (TPSA) is 177 Å². The molecule has 35 heavy (non-hydrogen) atoms. The van der Waals surface area contributed by atoms with Gasteiger partial charge >= 0.3 is 11.7 Å². The third kappa shape index (κ3) is 4.98. The van der Waals surface area contributed by atoms with Crippen molar-refractivity contribution in [1.29, 1.82) is 0 Å².